The number of hydrogen-bond donors (Lipinski definition) is 1. The quantitative estimate of drug-likeness (QED) is 0.747. The molecule has 2 unspecified atom stereocenters. The molecular formula is C14H28O. The van der Waals surface area contributed by atoms with Crippen molar-refractivity contribution in [1.29, 1.82) is 0 Å². The summed E-state index contributed by atoms with van der Waals surface area (Å²) in [6.07, 6.45) is 7.17. The van der Waals surface area contributed by atoms with Gasteiger partial charge in [0, 0.05) is 0 Å². The smallest absolute Gasteiger partial charge is 0.0570 e. The molecule has 1 N–H and O–H groups in total. The molecule has 0 spiro atoms. The first-order chi connectivity index (χ1) is 6.94. The number of aliphatic hydroxyl groups is 1. The molecule has 0 aromatic rings. The van der Waals surface area contributed by atoms with Gasteiger partial charge in [-0.3, -0.25) is 0 Å². The second-order valence-electron chi connectivity index (χ2n) is 6.32. The van der Waals surface area contributed by atoms with Gasteiger partial charge in [-0.25, -0.2) is 0 Å². The predicted octanol–water partition coefficient (Wildman–Crippen LogP) is 4.00. The monoisotopic (exact) mass is 212 g/mol. The van der Waals surface area contributed by atoms with Gasteiger partial charge in [0.25, 0.3) is 0 Å². The van der Waals surface area contributed by atoms with E-state index >= 15 is 0 Å². The van der Waals surface area contributed by atoms with Crippen molar-refractivity contribution in [1.82, 2.24) is 0 Å². The summed E-state index contributed by atoms with van der Waals surface area (Å²) in [4.78, 5) is 0. The minimum atomic E-state index is -0.0453. The van der Waals surface area contributed by atoms with Gasteiger partial charge in [0.1, 0.15) is 0 Å². The van der Waals surface area contributed by atoms with Crippen molar-refractivity contribution in [2.45, 2.75) is 72.3 Å². The number of rotatable bonds is 4. The van der Waals surface area contributed by atoms with Crippen molar-refractivity contribution >= 4 is 0 Å². The van der Waals surface area contributed by atoms with Crippen LogP contribution in [0.5, 0.6) is 0 Å². The number of hydrogen-bond acceptors (Lipinski definition) is 1. The maximum Gasteiger partial charge on any atom is 0.0570 e. The maximum absolute atomic E-state index is 10.1. The van der Waals surface area contributed by atoms with Crippen LogP contribution in [0.3, 0.4) is 0 Å². The van der Waals surface area contributed by atoms with Crippen LogP contribution in [0.1, 0.15) is 66.2 Å². The molecule has 0 amide bonds. The fourth-order valence-corrected chi connectivity index (χ4v) is 2.58. The molecule has 0 aromatic carbocycles. The molecular weight excluding hydrogens is 184 g/mol. The van der Waals surface area contributed by atoms with Gasteiger partial charge in [0.05, 0.1) is 6.10 Å². The molecule has 0 bridgehead atoms. The zero-order valence-electron chi connectivity index (χ0n) is 10.9. The van der Waals surface area contributed by atoms with Gasteiger partial charge in [-0.1, -0.05) is 34.1 Å². The van der Waals surface area contributed by atoms with Gasteiger partial charge in [-0.15, -0.1) is 0 Å². The van der Waals surface area contributed by atoms with Crippen molar-refractivity contribution in [2.24, 2.45) is 17.3 Å². The zero-order valence-corrected chi connectivity index (χ0v) is 10.9. The lowest BCUT2D eigenvalue weighted by atomic mass is 9.71. The van der Waals surface area contributed by atoms with E-state index in [1.165, 1.54) is 32.1 Å². The Morgan fingerprint density at radius 2 is 1.80 bits per heavy atom. The van der Waals surface area contributed by atoms with E-state index in [1.54, 1.807) is 0 Å². The lowest BCUT2D eigenvalue weighted by Gasteiger charge is -2.36. The van der Waals surface area contributed by atoms with Gasteiger partial charge in [-0.2, -0.15) is 0 Å². The molecule has 1 aliphatic carbocycles. The summed E-state index contributed by atoms with van der Waals surface area (Å²) in [6.45, 7) is 9.16. The molecule has 0 aliphatic heterocycles. The fourth-order valence-electron chi connectivity index (χ4n) is 2.58. The third-order valence-electron chi connectivity index (χ3n) is 4.27. The van der Waals surface area contributed by atoms with Crippen LogP contribution >= 0.6 is 0 Å². The summed E-state index contributed by atoms with van der Waals surface area (Å²) in [7, 11) is 0. The molecule has 1 nitrogen and oxygen atoms in total. The third-order valence-corrected chi connectivity index (χ3v) is 4.27. The Morgan fingerprint density at radius 1 is 1.27 bits per heavy atom. The van der Waals surface area contributed by atoms with Crippen LogP contribution in [-0.4, -0.2) is 11.2 Å². The molecule has 0 saturated heterocycles. The molecule has 1 fully saturated rings. The Kier molecular flexibility index (Phi) is 4.64. The van der Waals surface area contributed by atoms with E-state index in [-0.39, 0.29) is 6.10 Å². The molecule has 1 saturated carbocycles. The van der Waals surface area contributed by atoms with Crippen molar-refractivity contribution in [3.63, 3.8) is 0 Å². The number of aliphatic hydroxyl groups excluding tert-OH is 1. The molecule has 2 atom stereocenters. The average molecular weight is 212 g/mol. The molecule has 0 heterocycles. The van der Waals surface area contributed by atoms with E-state index < -0.39 is 0 Å². The lowest BCUT2D eigenvalue weighted by Crippen LogP contribution is -2.30. The highest BCUT2D eigenvalue weighted by molar-refractivity contribution is 4.82. The van der Waals surface area contributed by atoms with E-state index in [1.807, 2.05) is 0 Å². The van der Waals surface area contributed by atoms with E-state index in [2.05, 4.69) is 27.7 Å². The molecule has 0 radical (unpaired) electrons. The molecule has 1 heteroatoms. The van der Waals surface area contributed by atoms with Crippen molar-refractivity contribution < 1.29 is 5.11 Å². The largest absolute Gasteiger partial charge is 0.393 e. The van der Waals surface area contributed by atoms with Crippen LogP contribution in [0, 0.1) is 17.3 Å². The van der Waals surface area contributed by atoms with Crippen LogP contribution < -0.4 is 0 Å². The maximum atomic E-state index is 10.1. The van der Waals surface area contributed by atoms with Gasteiger partial charge >= 0.3 is 0 Å². The van der Waals surface area contributed by atoms with E-state index in [9.17, 15) is 5.11 Å². The van der Waals surface area contributed by atoms with Crippen LogP contribution in [0.2, 0.25) is 0 Å². The lowest BCUT2D eigenvalue weighted by molar-refractivity contribution is 0.0413. The van der Waals surface area contributed by atoms with Crippen LogP contribution in [0.4, 0.5) is 0 Å². The highest BCUT2D eigenvalue weighted by Gasteiger charge is 2.30. The normalized spacial score (nSPS) is 26.2. The second-order valence-corrected chi connectivity index (χ2v) is 6.32. The van der Waals surface area contributed by atoms with Crippen molar-refractivity contribution in [3.8, 4) is 0 Å². The molecule has 1 aliphatic rings. The van der Waals surface area contributed by atoms with E-state index in [0.717, 1.165) is 6.42 Å². The summed E-state index contributed by atoms with van der Waals surface area (Å²) in [5.74, 6) is 1.25. The first-order valence-corrected chi connectivity index (χ1v) is 6.62. The topological polar surface area (TPSA) is 20.2 Å². The van der Waals surface area contributed by atoms with Crippen molar-refractivity contribution in [3.05, 3.63) is 0 Å². The second kappa shape index (κ2) is 5.34. The highest BCUT2D eigenvalue weighted by Crippen LogP contribution is 2.40. The molecule has 0 aromatic heterocycles. The Balaban J connectivity index is 2.33. The Morgan fingerprint density at radius 3 is 2.27 bits per heavy atom. The Hall–Kier alpha value is -0.0400. The first-order valence-electron chi connectivity index (χ1n) is 6.62. The zero-order chi connectivity index (χ0) is 11.5. The summed E-state index contributed by atoms with van der Waals surface area (Å²) >= 11 is 0. The van der Waals surface area contributed by atoms with Gasteiger partial charge < -0.3 is 5.11 Å². The summed E-state index contributed by atoms with van der Waals surface area (Å²) in [5, 5.41) is 10.1. The van der Waals surface area contributed by atoms with Gasteiger partial charge in [0.15, 0.2) is 0 Å². The van der Waals surface area contributed by atoms with E-state index in [0.29, 0.717) is 17.3 Å². The fraction of sp³-hybridized carbons (Fsp3) is 1.00. The van der Waals surface area contributed by atoms with Gasteiger partial charge in [0.2, 0.25) is 0 Å². The average Bonchev–Trinajstić information content (AvgIpc) is 2.17. The highest BCUT2D eigenvalue weighted by atomic mass is 16.3. The predicted molar refractivity (Wildman–Crippen MR) is 65.8 cm³/mol. The Labute approximate surface area is 95.3 Å². The Bertz CT molecular complexity index is 176. The van der Waals surface area contributed by atoms with Gasteiger partial charge in [-0.05, 0) is 49.4 Å². The summed E-state index contributed by atoms with van der Waals surface area (Å²) < 4.78 is 0. The minimum Gasteiger partial charge on any atom is -0.393 e. The molecule has 1 rings (SSSR count). The minimum absolute atomic E-state index is 0.0453. The standard InChI is InChI=1S/C14H28O/c1-5-11(2)10-13(15)12-6-8-14(3,4)9-7-12/h11-13,15H,5-10H2,1-4H3. The third kappa shape index (κ3) is 4.14. The summed E-state index contributed by atoms with van der Waals surface area (Å²) in [5.41, 5.74) is 0.520. The van der Waals surface area contributed by atoms with Crippen LogP contribution in [0.15, 0.2) is 0 Å². The molecule has 15 heavy (non-hydrogen) atoms. The van der Waals surface area contributed by atoms with E-state index in [4.69, 9.17) is 0 Å². The van der Waals surface area contributed by atoms with Crippen LogP contribution in [0.25, 0.3) is 0 Å². The SMILES string of the molecule is CCC(C)CC(O)C1CCC(C)(C)CC1. The van der Waals surface area contributed by atoms with Crippen LogP contribution in [-0.2, 0) is 0 Å². The summed E-state index contributed by atoms with van der Waals surface area (Å²) in [6, 6.07) is 0. The first kappa shape index (κ1) is 13.0. The van der Waals surface area contributed by atoms with Crippen molar-refractivity contribution in [2.75, 3.05) is 0 Å². The molecule has 90 valence electrons.